The van der Waals surface area contributed by atoms with Crippen molar-refractivity contribution in [2.24, 2.45) is 11.8 Å². The van der Waals surface area contributed by atoms with Crippen molar-refractivity contribution in [3.63, 3.8) is 0 Å². The highest BCUT2D eigenvalue weighted by atomic mass is 35.5. The number of carbonyl (C=O) groups excluding carboxylic acids is 3. The van der Waals surface area contributed by atoms with E-state index in [0.29, 0.717) is 23.4 Å². The zero-order valence-corrected chi connectivity index (χ0v) is 16.1. The number of hydrazine groups is 1. The van der Waals surface area contributed by atoms with Gasteiger partial charge < -0.3 is 0 Å². The molecule has 1 heterocycles. The molecular formula is C22H21ClN2O3. The summed E-state index contributed by atoms with van der Waals surface area (Å²) < 4.78 is 0. The Bertz CT molecular complexity index is 874. The highest BCUT2D eigenvalue weighted by Gasteiger charge is 2.51. The Balaban J connectivity index is 1.70. The summed E-state index contributed by atoms with van der Waals surface area (Å²) in [7, 11) is 0. The Morgan fingerprint density at radius 2 is 1.50 bits per heavy atom. The standard InChI is InChI=1S/C22H21ClN2O3/c23-17-12-10-16(11-13-17)20(26)24(14-15-6-2-1-3-7-15)25-21(27)18-8-4-5-9-19(18)22(25)28/h1-3,6-7,10-13,18-19H,4-5,8-9,14H2/t18-,19-/m0/s1. The fraction of sp³-hybridized carbons (Fsp3) is 0.318. The molecule has 1 aliphatic carbocycles. The van der Waals surface area contributed by atoms with E-state index in [0.717, 1.165) is 23.4 Å². The molecule has 2 fully saturated rings. The van der Waals surface area contributed by atoms with Crippen LogP contribution in [0.5, 0.6) is 0 Å². The van der Waals surface area contributed by atoms with E-state index in [-0.39, 0.29) is 36.1 Å². The summed E-state index contributed by atoms with van der Waals surface area (Å²) in [6, 6.07) is 15.9. The molecule has 144 valence electrons. The predicted molar refractivity (Wildman–Crippen MR) is 105 cm³/mol. The van der Waals surface area contributed by atoms with Gasteiger partial charge in [0.2, 0.25) is 0 Å². The quantitative estimate of drug-likeness (QED) is 0.732. The van der Waals surface area contributed by atoms with Gasteiger partial charge in [-0.1, -0.05) is 54.8 Å². The number of imide groups is 1. The number of rotatable bonds is 4. The van der Waals surface area contributed by atoms with E-state index in [1.807, 2.05) is 30.3 Å². The minimum absolute atomic E-state index is 0.152. The van der Waals surface area contributed by atoms with Crippen molar-refractivity contribution in [3.05, 3.63) is 70.7 Å². The molecule has 0 unspecified atom stereocenters. The molecule has 2 aliphatic rings. The van der Waals surface area contributed by atoms with E-state index < -0.39 is 0 Å². The van der Waals surface area contributed by atoms with Crippen LogP contribution < -0.4 is 0 Å². The molecule has 1 saturated carbocycles. The first kappa shape index (κ1) is 18.7. The van der Waals surface area contributed by atoms with Gasteiger partial charge in [-0.25, -0.2) is 5.01 Å². The van der Waals surface area contributed by atoms with Crippen molar-refractivity contribution >= 4 is 29.3 Å². The number of hydrogen-bond donors (Lipinski definition) is 0. The van der Waals surface area contributed by atoms with Crippen molar-refractivity contribution in [2.45, 2.75) is 32.2 Å². The zero-order valence-electron chi connectivity index (χ0n) is 15.4. The molecule has 0 aromatic heterocycles. The summed E-state index contributed by atoms with van der Waals surface area (Å²) in [6.45, 7) is 0.152. The van der Waals surface area contributed by atoms with Crippen LogP contribution in [-0.2, 0) is 16.1 Å². The van der Waals surface area contributed by atoms with Crippen LogP contribution in [0.4, 0.5) is 0 Å². The number of amides is 3. The number of hydrogen-bond acceptors (Lipinski definition) is 3. The zero-order chi connectivity index (χ0) is 19.7. The van der Waals surface area contributed by atoms with Crippen molar-refractivity contribution in [2.75, 3.05) is 0 Å². The Labute approximate surface area is 168 Å². The summed E-state index contributed by atoms with van der Waals surface area (Å²) in [4.78, 5) is 39.4. The Morgan fingerprint density at radius 3 is 2.07 bits per heavy atom. The van der Waals surface area contributed by atoms with Crippen molar-refractivity contribution in [3.8, 4) is 0 Å². The molecule has 2 atom stereocenters. The Morgan fingerprint density at radius 1 is 0.929 bits per heavy atom. The van der Waals surface area contributed by atoms with E-state index in [4.69, 9.17) is 11.6 Å². The normalized spacial score (nSPS) is 21.5. The van der Waals surface area contributed by atoms with Gasteiger partial charge in [0.05, 0.1) is 18.4 Å². The molecule has 0 spiro atoms. The minimum atomic E-state index is -0.388. The van der Waals surface area contributed by atoms with Gasteiger partial charge >= 0.3 is 0 Å². The molecule has 4 rings (SSSR count). The van der Waals surface area contributed by atoms with Crippen molar-refractivity contribution in [1.82, 2.24) is 10.0 Å². The van der Waals surface area contributed by atoms with Gasteiger partial charge in [0.15, 0.2) is 0 Å². The lowest BCUT2D eigenvalue weighted by molar-refractivity contribution is -0.155. The maximum atomic E-state index is 13.3. The summed E-state index contributed by atoms with van der Waals surface area (Å²) >= 11 is 5.94. The van der Waals surface area contributed by atoms with Crippen LogP contribution in [0.3, 0.4) is 0 Å². The lowest BCUT2D eigenvalue weighted by Crippen LogP contribution is -2.49. The van der Waals surface area contributed by atoms with E-state index in [2.05, 4.69) is 0 Å². The van der Waals surface area contributed by atoms with Crippen molar-refractivity contribution in [1.29, 1.82) is 0 Å². The third kappa shape index (κ3) is 3.42. The van der Waals surface area contributed by atoms with Gasteiger partial charge in [-0.05, 0) is 42.7 Å². The lowest BCUT2D eigenvalue weighted by Gasteiger charge is -2.30. The summed E-state index contributed by atoms with van der Waals surface area (Å²) in [6.07, 6.45) is 3.30. The third-order valence-corrected chi connectivity index (χ3v) is 5.81. The van der Waals surface area contributed by atoms with Gasteiger partial charge in [0, 0.05) is 10.6 Å². The first-order chi connectivity index (χ1) is 13.6. The smallest absolute Gasteiger partial charge is 0.272 e. The van der Waals surface area contributed by atoms with Crippen molar-refractivity contribution < 1.29 is 14.4 Å². The highest BCUT2D eigenvalue weighted by Crippen LogP contribution is 2.39. The van der Waals surface area contributed by atoms with Crippen LogP contribution in [0.2, 0.25) is 5.02 Å². The first-order valence-electron chi connectivity index (χ1n) is 9.55. The van der Waals surface area contributed by atoms with Crippen LogP contribution in [0.25, 0.3) is 0 Å². The van der Waals surface area contributed by atoms with Crippen LogP contribution in [0.15, 0.2) is 54.6 Å². The number of halogens is 1. The molecule has 1 saturated heterocycles. The molecule has 3 amide bonds. The number of fused-ring (bicyclic) bond motifs is 1. The second-order valence-corrected chi connectivity index (χ2v) is 7.78. The Kier molecular flexibility index (Phi) is 5.18. The molecule has 2 aromatic rings. The van der Waals surface area contributed by atoms with E-state index in [1.54, 1.807) is 24.3 Å². The monoisotopic (exact) mass is 396 g/mol. The second-order valence-electron chi connectivity index (χ2n) is 7.34. The molecule has 2 aromatic carbocycles. The lowest BCUT2D eigenvalue weighted by atomic mass is 9.81. The molecule has 1 aliphatic heterocycles. The molecule has 0 N–H and O–H groups in total. The molecular weight excluding hydrogens is 376 g/mol. The first-order valence-corrected chi connectivity index (χ1v) is 9.93. The van der Waals surface area contributed by atoms with Crippen LogP contribution in [0.1, 0.15) is 41.6 Å². The van der Waals surface area contributed by atoms with E-state index in [1.165, 1.54) is 5.01 Å². The maximum Gasteiger partial charge on any atom is 0.273 e. The second kappa shape index (κ2) is 7.76. The number of carbonyl (C=O) groups is 3. The molecule has 0 bridgehead atoms. The molecule has 5 nitrogen and oxygen atoms in total. The van der Waals surface area contributed by atoms with E-state index >= 15 is 0 Å². The van der Waals surface area contributed by atoms with Gasteiger partial charge in [0.25, 0.3) is 17.7 Å². The van der Waals surface area contributed by atoms with Gasteiger partial charge in [-0.2, -0.15) is 5.01 Å². The summed E-state index contributed by atoms with van der Waals surface area (Å²) in [5, 5.41) is 2.91. The molecule has 6 heteroatoms. The van der Waals surface area contributed by atoms with Crippen LogP contribution >= 0.6 is 11.6 Å². The third-order valence-electron chi connectivity index (χ3n) is 5.56. The van der Waals surface area contributed by atoms with E-state index in [9.17, 15) is 14.4 Å². The van der Waals surface area contributed by atoms with Gasteiger partial charge in [0.1, 0.15) is 0 Å². The highest BCUT2D eigenvalue weighted by molar-refractivity contribution is 6.30. The van der Waals surface area contributed by atoms with Crippen LogP contribution in [0, 0.1) is 11.8 Å². The minimum Gasteiger partial charge on any atom is -0.272 e. The molecule has 28 heavy (non-hydrogen) atoms. The topological polar surface area (TPSA) is 57.7 Å². The average Bonchev–Trinajstić information content (AvgIpc) is 2.98. The average molecular weight is 397 g/mol. The fourth-order valence-corrected chi connectivity index (χ4v) is 4.24. The fourth-order valence-electron chi connectivity index (χ4n) is 4.11. The largest absolute Gasteiger partial charge is 0.273 e. The number of nitrogens with zero attached hydrogens (tertiary/aromatic N) is 2. The summed E-state index contributed by atoms with van der Waals surface area (Å²) in [5.41, 5.74) is 1.23. The SMILES string of the molecule is O=C(c1ccc(Cl)cc1)N(Cc1ccccc1)N1C(=O)[C@H]2CCCC[C@@H]2C1=O. The summed E-state index contributed by atoms with van der Waals surface area (Å²) in [5.74, 6) is -1.52. The van der Waals surface area contributed by atoms with Crippen LogP contribution in [-0.4, -0.2) is 27.7 Å². The Hall–Kier alpha value is -2.66. The maximum absolute atomic E-state index is 13.3. The molecule has 0 radical (unpaired) electrons. The predicted octanol–water partition coefficient (Wildman–Crippen LogP) is 4.07. The van der Waals surface area contributed by atoms with Gasteiger partial charge in [-0.15, -0.1) is 0 Å². The van der Waals surface area contributed by atoms with Gasteiger partial charge in [-0.3, -0.25) is 14.4 Å². The number of benzene rings is 2.